The summed E-state index contributed by atoms with van der Waals surface area (Å²) in [5.74, 6) is 0.0714. The van der Waals surface area contributed by atoms with Crippen LogP contribution in [0.4, 0.5) is 4.79 Å². The van der Waals surface area contributed by atoms with Crippen molar-refractivity contribution in [1.82, 2.24) is 10.6 Å². The summed E-state index contributed by atoms with van der Waals surface area (Å²) in [7, 11) is 0. The number of carbonyl (C=O) groups excluding carboxylic acids is 1. The van der Waals surface area contributed by atoms with Crippen LogP contribution in [0, 0.1) is 23.7 Å². The van der Waals surface area contributed by atoms with E-state index in [1.807, 2.05) is 6.92 Å². The largest absolute Gasteiger partial charge is 0.481 e. The maximum absolute atomic E-state index is 11.7. The second-order valence-electron chi connectivity index (χ2n) is 6.07. The normalized spacial score (nSPS) is 12.8. The van der Waals surface area contributed by atoms with Gasteiger partial charge in [-0.25, -0.2) is 4.79 Å². The van der Waals surface area contributed by atoms with Crippen LogP contribution in [-0.4, -0.2) is 30.2 Å². The molecule has 0 aliphatic rings. The fourth-order valence-corrected chi connectivity index (χ4v) is 2.39. The molecule has 0 rings (SSSR count). The van der Waals surface area contributed by atoms with Crippen LogP contribution in [0.25, 0.3) is 0 Å². The van der Waals surface area contributed by atoms with E-state index in [9.17, 15) is 9.59 Å². The van der Waals surface area contributed by atoms with Crippen LogP contribution >= 0.6 is 0 Å². The van der Waals surface area contributed by atoms with Gasteiger partial charge in [0, 0.05) is 13.1 Å². The number of carbonyl (C=O) groups is 2. The zero-order valence-corrected chi connectivity index (χ0v) is 13.4. The third-order valence-corrected chi connectivity index (χ3v) is 3.71. The van der Waals surface area contributed by atoms with Gasteiger partial charge < -0.3 is 15.7 Å². The number of nitrogens with one attached hydrogen (secondary N) is 2. The van der Waals surface area contributed by atoms with Gasteiger partial charge in [-0.1, -0.05) is 41.0 Å². The molecule has 0 aromatic heterocycles. The standard InChI is InChI=1S/C15H30N2O3/c1-6-7-12(14(18)19)8-16-15(20)17-9-13(10(2)3)11(4)5/h10-13H,6-9H2,1-5H3,(H,18,19)(H2,16,17,20). The highest BCUT2D eigenvalue weighted by Gasteiger charge is 2.20. The average Bonchev–Trinajstić information content (AvgIpc) is 2.33. The SMILES string of the molecule is CCCC(CNC(=O)NCC(C(C)C)C(C)C)C(=O)O. The first kappa shape index (κ1) is 18.7. The van der Waals surface area contributed by atoms with Gasteiger partial charge in [0.1, 0.15) is 0 Å². The van der Waals surface area contributed by atoms with Crippen molar-refractivity contribution in [3.8, 4) is 0 Å². The van der Waals surface area contributed by atoms with Crippen LogP contribution in [-0.2, 0) is 4.79 Å². The zero-order valence-electron chi connectivity index (χ0n) is 13.4. The number of rotatable bonds is 9. The van der Waals surface area contributed by atoms with Crippen molar-refractivity contribution in [2.24, 2.45) is 23.7 Å². The molecule has 5 nitrogen and oxygen atoms in total. The fourth-order valence-electron chi connectivity index (χ4n) is 2.39. The maximum Gasteiger partial charge on any atom is 0.314 e. The minimum absolute atomic E-state index is 0.184. The van der Waals surface area contributed by atoms with Crippen LogP contribution in [0.5, 0.6) is 0 Å². The van der Waals surface area contributed by atoms with Crippen molar-refractivity contribution in [2.75, 3.05) is 13.1 Å². The van der Waals surface area contributed by atoms with E-state index < -0.39 is 11.9 Å². The van der Waals surface area contributed by atoms with E-state index in [2.05, 4.69) is 38.3 Å². The lowest BCUT2D eigenvalue weighted by atomic mass is 9.85. The quantitative estimate of drug-likeness (QED) is 0.610. The molecule has 20 heavy (non-hydrogen) atoms. The zero-order chi connectivity index (χ0) is 15.7. The molecule has 118 valence electrons. The monoisotopic (exact) mass is 286 g/mol. The Morgan fingerprint density at radius 1 is 1.00 bits per heavy atom. The van der Waals surface area contributed by atoms with Crippen LogP contribution in [0.15, 0.2) is 0 Å². The van der Waals surface area contributed by atoms with Crippen LogP contribution in [0.2, 0.25) is 0 Å². The lowest BCUT2D eigenvalue weighted by Gasteiger charge is -2.25. The molecule has 0 aromatic carbocycles. The van der Waals surface area contributed by atoms with Crippen LogP contribution in [0.3, 0.4) is 0 Å². The van der Waals surface area contributed by atoms with Crippen molar-refractivity contribution in [1.29, 1.82) is 0 Å². The third-order valence-electron chi connectivity index (χ3n) is 3.71. The van der Waals surface area contributed by atoms with E-state index in [4.69, 9.17) is 5.11 Å². The molecule has 0 fully saturated rings. The molecule has 1 atom stereocenters. The first-order valence-corrected chi connectivity index (χ1v) is 7.54. The van der Waals surface area contributed by atoms with E-state index in [-0.39, 0.29) is 12.6 Å². The van der Waals surface area contributed by atoms with E-state index in [1.165, 1.54) is 0 Å². The molecule has 2 amide bonds. The molecule has 0 spiro atoms. The van der Waals surface area contributed by atoms with Gasteiger partial charge in [-0.15, -0.1) is 0 Å². The number of hydrogen-bond acceptors (Lipinski definition) is 2. The Bertz CT molecular complexity index is 295. The number of amides is 2. The molecule has 0 aromatic rings. The molecule has 0 radical (unpaired) electrons. The molecule has 0 heterocycles. The first-order chi connectivity index (χ1) is 9.29. The second-order valence-corrected chi connectivity index (χ2v) is 6.07. The molecule has 0 saturated carbocycles. The minimum atomic E-state index is -0.852. The number of carboxylic acid groups (broad SMARTS) is 1. The first-order valence-electron chi connectivity index (χ1n) is 7.54. The average molecular weight is 286 g/mol. The molecule has 0 aliphatic carbocycles. The Morgan fingerprint density at radius 3 is 1.90 bits per heavy atom. The summed E-state index contributed by atoms with van der Waals surface area (Å²) in [5.41, 5.74) is 0. The van der Waals surface area contributed by atoms with E-state index in [0.717, 1.165) is 6.42 Å². The number of hydrogen-bond donors (Lipinski definition) is 3. The van der Waals surface area contributed by atoms with Gasteiger partial charge in [0.25, 0.3) is 0 Å². The Hall–Kier alpha value is -1.26. The predicted octanol–water partition coefficient (Wildman–Crippen LogP) is 2.71. The smallest absolute Gasteiger partial charge is 0.314 e. The van der Waals surface area contributed by atoms with Gasteiger partial charge in [-0.3, -0.25) is 4.79 Å². The summed E-state index contributed by atoms with van der Waals surface area (Å²) in [4.78, 5) is 22.7. The topological polar surface area (TPSA) is 78.4 Å². The van der Waals surface area contributed by atoms with Crippen molar-refractivity contribution >= 4 is 12.0 Å². The highest BCUT2D eigenvalue weighted by molar-refractivity contribution is 5.75. The van der Waals surface area contributed by atoms with E-state index in [0.29, 0.717) is 30.7 Å². The Morgan fingerprint density at radius 2 is 1.50 bits per heavy atom. The highest BCUT2D eigenvalue weighted by Crippen LogP contribution is 2.19. The lowest BCUT2D eigenvalue weighted by molar-refractivity contribution is -0.141. The van der Waals surface area contributed by atoms with Crippen LogP contribution in [0.1, 0.15) is 47.5 Å². The Kier molecular flexibility index (Phi) is 9.01. The molecular formula is C15H30N2O3. The lowest BCUT2D eigenvalue weighted by Crippen LogP contribution is -2.43. The molecule has 0 saturated heterocycles. The molecule has 0 bridgehead atoms. The Labute approximate surface area is 122 Å². The molecule has 0 aliphatic heterocycles. The molecule has 1 unspecified atom stereocenters. The van der Waals surface area contributed by atoms with Gasteiger partial charge in [0.15, 0.2) is 0 Å². The van der Waals surface area contributed by atoms with Crippen molar-refractivity contribution < 1.29 is 14.7 Å². The van der Waals surface area contributed by atoms with Crippen LogP contribution < -0.4 is 10.6 Å². The summed E-state index contributed by atoms with van der Waals surface area (Å²) in [6, 6.07) is -0.279. The number of aliphatic carboxylic acids is 1. The minimum Gasteiger partial charge on any atom is -0.481 e. The number of urea groups is 1. The van der Waals surface area contributed by atoms with Gasteiger partial charge in [-0.2, -0.15) is 0 Å². The summed E-state index contributed by atoms with van der Waals surface area (Å²) >= 11 is 0. The van der Waals surface area contributed by atoms with Crippen molar-refractivity contribution in [3.05, 3.63) is 0 Å². The van der Waals surface area contributed by atoms with Crippen molar-refractivity contribution in [3.63, 3.8) is 0 Å². The van der Waals surface area contributed by atoms with E-state index >= 15 is 0 Å². The van der Waals surface area contributed by atoms with Gasteiger partial charge in [-0.05, 0) is 24.2 Å². The van der Waals surface area contributed by atoms with Gasteiger partial charge in [0.05, 0.1) is 5.92 Å². The van der Waals surface area contributed by atoms with Gasteiger partial charge in [0.2, 0.25) is 0 Å². The molecule has 5 heteroatoms. The predicted molar refractivity (Wildman–Crippen MR) is 80.6 cm³/mol. The molecule has 3 N–H and O–H groups in total. The summed E-state index contributed by atoms with van der Waals surface area (Å²) in [6.07, 6.45) is 1.37. The summed E-state index contributed by atoms with van der Waals surface area (Å²) < 4.78 is 0. The van der Waals surface area contributed by atoms with E-state index in [1.54, 1.807) is 0 Å². The summed E-state index contributed by atoms with van der Waals surface area (Å²) in [6.45, 7) is 11.3. The molecular weight excluding hydrogens is 256 g/mol. The third kappa shape index (κ3) is 7.36. The Balaban J connectivity index is 4.13. The number of carboxylic acids is 1. The maximum atomic E-state index is 11.7. The summed E-state index contributed by atoms with van der Waals surface area (Å²) in [5, 5.41) is 14.5. The highest BCUT2D eigenvalue weighted by atomic mass is 16.4. The fraction of sp³-hybridized carbons (Fsp3) is 0.867. The second kappa shape index (κ2) is 9.61. The van der Waals surface area contributed by atoms with Gasteiger partial charge >= 0.3 is 12.0 Å². The van der Waals surface area contributed by atoms with Crippen molar-refractivity contribution in [2.45, 2.75) is 47.5 Å².